The van der Waals surface area contributed by atoms with Gasteiger partial charge in [0.2, 0.25) is 5.88 Å². The van der Waals surface area contributed by atoms with E-state index in [2.05, 4.69) is 31.1 Å². The fourth-order valence-corrected chi connectivity index (χ4v) is 2.56. The number of aromatic nitrogens is 1. The number of nitriles is 1. The van der Waals surface area contributed by atoms with E-state index in [1.165, 1.54) is 0 Å². The number of carbonyl (C=O) groups is 1. The molecule has 0 spiro atoms. The van der Waals surface area contributed by atoms with Crippen LogP contribution < -0.4 is 4.74 Å². The van der Waals surface area contributed by atoms with Crippen LogP contribution in [0.15, 0.2) is 57.2 Å². The van der Waals surface area contributed by atoms with E-state index in [9.17, 15) is 9.90 Å². The summed E-state index contributed by atoms with van der Waals surface area (Å²) in [5.74, 6) is -0.529. The molecule has 25 heavy (non-hydrogen) atoms. The second-order valence-electron chi connectivity index (χ2n) is 5.00. The molecule has 0 fully saturated rings. The Bertz CT molecular complexity index is 1020. The molecule has 3 aromatic rings. The minimum atomic E-state index is -0.642. The molecule has 0 radical (unpaired) electrons. The molecule has 2 N–H and O–H groups in total. The van der Waals surface area contributed by atoms with Gasteiger partial charge in [-0.15, -0.1) is 10.2 Å². The van der Waals surface area contributed by atoms with E-state index in [4.69, 9.17) is 10.00 Å². The molecular weight excluding hydrogens is 388 g/mol. The van der Waals surface area contributed by atoms with Crippen LogP contribution in [0.5, 0.6) is 11.6 Å². The maximum atomic E-state index is 11.9. The standard InChI is InChI=1S/C17H11BrN4O3/c18-11-5-6-14(10(7-11)8-19)25-9-15(23)21-22-16-12-3-1-2-4-13(12)20-17(16)24/h1-7,20,24H,9H2. The number of carbonyl (C=O) groups excluding carboxylic acids is 1. The molecule has 0 atom stereocenters. The highest BCUT2D eigenvalue weighted by molar-refractivity contribution is 9.10. The molecule has 7 nitrogen and oxygen atoms in total. The van der Waals surface area contributed by atoms with Crippen LogP contribution in [0.25, 0.3) is 10.9 Å². The number of hydrogen-bond acceptors (Lipinski definition) is 5. The van der Waals surface area contributed by atoms with Crippen LogP contribution in [0.1, 0.15) is 5.56 Å². The van der Waals surface area contributed by atoms with Gasteiger partial charge in [-0.25, -0.2) is 0 Å². The van der Waals surface area contributed by atoms with E-state index in [0.29, 0.717) is 16.5 Å². The predicted molar refractivity (Wildman–Crippen MR) is 93.8 cm³/mol. The van der Waals surface area contributed by atoms with Gasteiger partial charge >= 0.3 is 5.91 Å². The molecular formula is C17H11BrN4O3. The van der Waals surface area contributed by atoms with Crippen LogP contribution >= 0.6 is 15.9 Å². The molecule has 3 rings (SSSR count). The molecule has 0 aliphatic heterocycles. The van der Waals surface area contributed by atoms with Crippen molar-refractivity contribution >= 4 is 38.4 Å². The van der Waals surface area contributed by atoms with Crippen LogP contribution in [-0.4, -0.2) is 22.6 Å². The third-order valence-corrected chi connectivity index (χ3v) is 3.83. The number of rotatable bonds is 4. The predicted octanol–water partition coefficient (Wildman–Crippen LogP) is 4.20. The Morgan fingerprint density at radius 3 is 2.92 bits per heavy atom. The van der Waals surface area contributed by atoms with Crippen molar-refractivity contribution in [1.29, 1.82) is 5.26 Å². The molecule has 2 aromatic carbocycles. The molecule has 1 aromatic heterocycles. The second-order valence-corrected chi connectivity index (χ2v) is 5.92. The lowest BCUT2D eigenvalue weighted by Gasteiger charge is -2.05. The van der Waals surface area contributed by atoms with Gasteiger partial charge in [-0.3, -0.25) is 4.79 Å². The Morgan fingerprint density at radius 1 is 1.32 bits per heavy atom. The smallest absolute Gasteiger partial charge is 0.302 e. The molecule has 0 aliphatic rings. The summed E-state index contributed by atoms with van der Waals surface area (Å²) < 4.78 is 6.05. The summed E-state index contributed by atoms with van der Waals surface area (Å²) >= 11 is 3.26. The first kappa shape index (κ1) is 16.7. The summed E-state index contributed by atoms with van der Waals surface area (Å²) in [6.45, 7) is -0.372. The molecule has 1 amide bonds. The summed E-state index contributed by atoms with van der Waals surface area (Å²) in [5, 5.41) is 26.9. The number of nitrogens with zero attached hydrogens (tertiary/aromatic N) is 3. The Hall–Kier alpha value is -3.18. The van der Waals surface area contributed by atoms with Crippen molar-refractivity contribution in [3.8, 4) is 17.7 Å². The molecule has 124 valence electrons. The molecule has 1 heterocycles. The first-order valence-corrected chi connectivity index (χ1v) is 7.94. The van der Waals surface area contributed by atoms with E-state index in [1.54, 1.807) is 36.4 Å². The van der Waals surface area contributed by atoms with E-state index in [1.807, 2.05) is 12.1 Å². The summed E-state index contributed by atoms with van der Waals surface area (Å²) in [4.78, 5) is 14.6. The van der Waals surface area contributed by atoms with Crippen molar-refractivity contribution in [2.24, 2.45) is 10.2 Å². The van der Waals surface area contributed by atoms with Gasteiger partial charge in [-0.2, -0.15) is 5.26 Å². The molecule has 0 unspecified atom stereocenters. The number of hydrogen-bond donors (Lipinski definition) is 2. The Morgan fingerprint density at radius 2 is 2.12 bits per heavy atom. The largest absolute Gasteiger partial charge is 0.493 e. The van der Waals surface area contributed by atoms with E-state index < -0.39 is 5.91 Å². The van der Waals surface area contributed by atoms with Gasteiger partial charge in [0.1, 0.15) is 11.8 Å². The molecule has 0 aliphatic carbocycles. The van der Waals surface area contributed by atoms with Crippen LogP contribution in [0.4, 0.5) is 5.69 Å². The number of fused-ring (bicyclic) bond motifs is 1. The van der Waals surface area contributed by atoms with Crippen LogP contribution in [0, 0.1) is 11.3 Å². The van der Waals surface area contributed by atoms with Gasteiger partial charge in [0.15, 0.2) is 12.3 Å². The fourth-order valence-electron chi connectivity index (χ4n) is 2.20. The first-order valence-electron chi connectivity index (χ1n) is 7.15. The van der Waals surface area contributed by atoms with E-state index in [-0.39, 0.29) is 23.9 Å². The lowest BCUT2D eigenvalue weighted by molar-refractivity contribution is -0.120. The number of amides is 1. The van der Waals surface area contributed by atoms with Gasteiger partial charge in [0, 0.05) is 9.86 Å². The molecule has 8 heteroatoms. The van der Waals surface area contributed by atoms with Crippen LogP contribution in [0.3, 0.4) is 0 Å². The number of halogens is 1. The van der Waals surface area contributed by atoms with Gasteiger partial charge in [0.25, 0.3) is 0 Å². The normalized spacial score (nSPS) is 10.9. The number of ether oxygens (including phenoxy) is 1. The zero-order chi connectivity index (χ0) is 17.8. The van der Waals surface area contributed by atoms with Crippen molar-refractivity contribution in [3.05, 3.63) is 52.5 Å². The lowest BCUT2D eigenvalue weighted by Crippen LogP contribution is -2.08. The first-order chi connectivity index (χ1) is 12.1. The minimum Gasteiger partial charge on any atom is -0.493 e. The number of para-hydroxylation sites is 1. The number of azo groups is 1. The number of aromatic hydroxyl groups is 1. The number of aromatic amines is 1. The van der Waals surface area contributed by atoms with Crippen molar-refractivity contribution in [2.45, 2.75) is 0 Å². The average molecular weight is 399 g/mol. The third-order valence-electron chi connectivity index (χ3n) is 3.33. The van der Waals surface area contributed by atoms with E-state index >= 15 is 0 Å². The van der Waals surface area contributed by atoms with Crippen LogP contribution in [-0.2, 0) is 4.79 Å². The lowest BCUT2D eigenvalue weighted by atomic mass is 10.2. The summed E-state index contributed by atoms with van der Waals surface area (Å²) in [6.07, 6.45) is 0. The highest BCUT2D eigenvalue weighted by Crippen LogP contribution is 2.35. The van der Waals surface area contributed by atoms with Crippen LogP contribution in [0.2, 0.25) is 0 Å². The minimum absolute atomic E-state index is 0.168. The highest BCUT2D eigenvalue weighted by atomic mass is 79.9. The molecule has 0 bridgehead atoms. The monoisotopic (exact) mass is 398 g/mol. The summed E-state index contributed by atoms with van der Waals surface area (Å²) in [6, 6.07) is 14.0. The van der Waals surface area contributed by atoms with Gasteiger partial charge in [-0.1, -0.05) is 34.1 Å². The maximum Gasteiger partial charge on any atom is 0.302 e. The molecule has 0 saturated heterocycles. The SMILES string of the molecule is N#Cc1cc(Br)ccc1OCC(=O)N=Nc1c(O)[nH]c2ccccc12. The quantitative estimate of drug-likeness (QED) is 0.641. The Kier molecular flexibility index (Phi) is 4.77. The zero-order valence-electron chi connectivity index (χ0n) is 12.7. The average Bonchev–Trinajstić information content (AvgIpc) is 2.93. The fraction of sp³-hybridized carbons (Fsp3) is 0.0588. The van der Waals surface area contributed by atoms with Gasteiger partial charge < -0.3 is 14.8 Å². The summed E-state index contributed by atoms with van der Waals surface area (Å²) in [5.41, 5.74) is 1.17. The zero-order valence-corrected chi connectivity index (χ0v) is 14.3. The Labute approximate surface area is 150 Å². The van der Waals surface area contributed by atoms with Crippen molar-refractivity contribution in [2.75, 3.05) is 6.61 Å². The summed E-state index contributed by atoms with van der Waals surface area (Å²) in [7, 11) is 0. The highest BCUT2D eigenvalue weighted by Gasteiger charge is 2.11. The second kappa shape index (κ2) is 7.15. The molecule has 0 saturated carbocycles. The van der Waals surface area contributed by atoms with E-state index in [0.717, 1.165) is 4.47 Å². The maximum absolute atomic E-state index is 11.9. The number of benzene rings is 2. The third kappa shape index (κ3) is 3.67. The van der Waals surface area contributed by atoms with Crippen molar-refractivity contribution in [3.63, 3.8) is 0 Å². The van der Waals surface area contributed by atoms with Gasteiger partial charge in [-0.05, 0) is 24.3 Å². The van der Waals surface area contributed by atoms with Gasteiger partial charge in [0.05, 0.1) is 11.1 Å². The van der Waals surface area contributed by atoms with Crippen molar-refractivity contribution < 1.29 is 14.6 Å². The Balaban J connectivity index is 1.71. The number of H-pyrrole nitrogens is 1. The van der Waals surface area contributed by atoms with Crippen molar-refractivity contribution in [1.82, 2.24) is 4.98 Å². The topological polar surface area (TPSA) is 111 Å². The number of nitrogens with one attached hydrogen (secondary N) is 1.